The minimum absolute atomic E-state index is 0.117. The number of nitrogens with zero attached hydrogens (tertiary/aromatic N) is 6. The van der Waals surface area contributed by atoms with Gasteiger partial charge in [0.15, 0.2) is 5.82 Å². The first-order valence-corrected chi connectivity index (χ1v) is 7.38. The molecule has 0 aromatic carbocycles. The van der Waals surface area contributed by atoms with E-state index in [9.17, 15) is 4.79 Å². The molecule has 8 nitrogen and oxygen atoms in total. The van der Waals surface area contributed by atoms with Crippen LogP contribution in [0.2, 0.25) is 0 Å². The molecule has 0 spiro atoms. The predicted molar refractivity (Wildman–Crippen MR) is 84.4 cm³/mol. The second kappa shape index (κ2) is 6.82. The summed E-state index contributed by atoms with van der Waals surface area (Å²) >= 11 is 0. The zero-order valence-electron chi connectivity index (χ0n) is 12.8. The lowest BCUT2D eigenvalue weighted by Gasteiger charge is -2.02. The SMILES string of the molecule is CCCn1ncc(NC(=O)Cn2ccc(-c3ccncc3)n2)n1. The maximum absolute atomic E-state index is 12.0. The summed E-state index contributed by atoms with van der Waals surface area (Å²) in [5.74, 6) is 0.253. The van der Waals surface area contributed by atoms with Gasteiger partial charge in [0.05, 0.1) is 18.4 Å². The average Bonchev–Trinajstić information content (AvgIpc) is 3.18. The van der Waals surface area contributed by atoms with Crippen molar-refractivity contribution in [2.24, 2.45) is 0 Å². The van der Waals surface area contributed by atoms with Crippen molar-refractivity contribution in [1.82, 2.24) is 29.8 Å². The Morgan fingerprint density at radius 1 is 1.22 bits per heavy atom. The normalized spacial score (nSPS) is 10.7. The van der Waals surface area contributed by atoms with Crippen molar-refractivity contribution in [2.75, 3.05) is 5.32 Å². The van der Waals surface area contributed by atoms with Crippen molar-refractivity contribution in [1.29, 1.82) is 0 Å². The minimum Gasteiger partial charge on any atom is -0.306 e. The van der Waals surface area contributed by atoms with E-state index in [0.717, 1.165) is 24.2 Å². The highest BCUT2D eigenvalue weighted by molar-refractivity contribution is 5.89. The Bertz CT molecular complexity index is 778. The predicted octanol–water partition coefficient (Wildman–Crippen LogP) is 1.59. The quantitative estimate of drug-likeness (QED) is 0.746. The fraction of sp³-hybridized carbons (Fsp3) is 0.267. The van der Waals surface area contributed by atoms with E-state index in [1.807, 2.05) is 25.1 Å². The molecule has 0 bridgehead atoms. The van der Waals surface area contributed by atoms with Crippen molar-refractivity contribution in [3.8, 4) is 11.3 Å². The zero-order chi connectivity index (χ0) is 16.1. The Morgan fingerprint density at radius 3 is 2.83 bits per heavy atom. The van der Waals surface area contributed by atoms with E-state index >= 15 is 0 Å². The van der Waals surface area contributed by atoms with Crippen LogP contribution in [0.4, 0.5) is 5.82 Å². The van der Waals surface area contributed by atoms with Gasteiger partial charge in [-0.15, -0.1) is 5.10 Å². The molecule has 0 saturated carbocycles. The van der Waals surface area contributed by atoms with Gasteiger partial charge in [0.25, 0.3) is 0 Å². The highest BCUT2D eigenvalue weighted by Gasteiger charge is 2.08. The lowest BCUT2D eigenvalue weighted by molar-refractivity contribution is -0.116. The highest BCUT2D eigenvalue weighted by atomic mass is 16.2. The van der Waals surface area contributed by atoms with E-state index in [1.54, 1.807) is 34.3 Å². The number of pyridine rings is 1. The van der Waals surface area contributed by atoms with E-state index in [0.29, 0.717) is 5.82 Å². The molecule has 0 aliphatic heterocycles. The number of anilines is 1. The van der Waals surface area contributed by atoms with Crippen molar-refractivity contribution >= 4 is 11.7 Å². The third-order valence-electron chi connectivity index (χ3n) is 3.15. The number of amides is 1. The van der Waals surface area contributed by atoms with Gasteiger partial charge in [0, 0.05) is 24.2 Å². The maximum Gasteiger partial charge on any atom is 0.247 e. The number of carbonyl (C=O) groups excluding carboxylic acids is 1. The number of aryl methyl sites for hydroxylation is 1. The molecular weight excluding hydrogens is 294 g/mol. The molecule has 0 saturated heterocycles. The van der Waals surface area contributed by atoms with Gasteiger partial charge in [-0.1, -0.05) is 6.92 Å². The van der Waals surface area contributed by atoms with Gasteiger partial charge in [0.1, 0.15) is 6.54 Å². The first kappa shape index (κ1) is 14.9. The minimum atomic E-state index is -0.196. The Kier molecular flexibility index (Phi) is 4.41. The summed E-state index contributed by atoms with van der Waals surface area (Å²) in [5.41, 5.74) is 1.76. The molecule has 3 aromatic heterocycles. The van der Waals surface area contributed by atoms with Crippen molar-refractivity contribution in [3.63, 3.8) is 0 Å². The van der Waals surface area contributed by atoms with Crippen LogP contribution in [0, 0.1) is 0 Å². The van der Waals surface area contributed by atoms with Crippen LogP contribution in [0.1, 0.15) is 13.3 Å². The standard InChI is InChI=1S/C15H17N7O/c1-2-8-22-17-10-14(20-22)18-15(23)11-21-9-5-13(19-21)12-3-6-16-7-4-12/h3-7,9-10H,2,8,11H2,1H3,(H,18,20,23). The molecule has 1 N–H and O–H groups in total. The lowest BCUT2D eigenvalue weighted by Crippen LogP contribution is -2.19. The average molecular weight is 311 g/mol. The van der Waals surface area contributed by atoms with E-state index in [2.05, 4.69) is 25.6 Å². The first-order valence-electron chi connectivity index (χ1n) is 7.38. The number of rotatable bonds is 6. The molecule has 3 rings (SSSR count). The third-order valence-corrected chi connectivity index (χ3v) is 3.15. The fourth-order valence-electron chi connectivity index (χ4n) is 2.12. The molecule has 118 valence electrons. The number of aromatic nitrogens is 6. The van der Waals surface area contributed by atoms with Gasteiger partial charge in [0.2, 0.25) is 5.91 Å². The van der Waals surface area contributed by atoms with Gasteiger partial charge in [-0.05, 0) is 24.6 Å². The summed E-state index contributed by atoms with van der Waals surface area (Å²) < 4.78 is 1.58. The van der Waals surface area contributed by atoms with Gasteiger partial charge in [-0.3, -0.25) is 14.5 Å². The second-order valence-electron chi connectivity index (χ2n) is 5.01. The third kappa shape index (κ3) is 3.79. The smallest absolute Gasteiger partial charge is 0.247 e. The van der Waals surface area contributed by atoms with Crippen LogP contribution in [-0.2, 0) is 17.9 Å². The van der Waals surface area contributed by atoms with E-state index in [4.69, 9.17) is 0 Å². The number of carbonyl (C=O) groups is 1. The molecule has 0 fully saturated rings. The summed E-state index contributed by atoms with van der Waals surface area (Å²) in [6.45, 7) is 2.88. The topological polar surface area (TPSA) is 90.5 Å². The van der Waals surface area contributed by atoms with Crippen LogP contribution < -0.4 is 5.32 Å². The number of hydrogen-bond acceptors (Lipinski definition) is 5. The van der Waals surface area contributed by atoms with E-state index in [-0.39, 0.29) is 12.5 Å². The Balaban J connectivity index is 1.60. The lowest BCUT2D eigenvalue weighted by atomic mass is 10.2. The zero-order valence-corrected chi connectivity index (χ0v) is 12.8. The van der Waals surface area contributed by atoms with Crippen LogP contribution in [0.15, 0.2) is 43.0 Å². The Labute approximate surface area is 133 Å². The summed E-state index contributed by atoms with van der Waals surface area (Å²) in [6.07, 6.45) is 7.66. The van der Waals surface area contributed by atoms with Crippen LogP contribution in [0.5, 0.6) is 0 Å². The van der Waals surface area contributed by atoms with Crippen molar-refractivity contribution in [3.05, 3.63) is 43.0 Å². The van der Waals surface area contributed by atoms with Crippen LogP contribution in [0.3, 0.4) is 0 Å². The molecule has 3 heterocycles. The molecular formula is C15H17N7O. The second-order valence-corrected chi connectivity index (χ2v) is 5.01. The molecule has 0 atom stereocenters. The molecule has 8 heteroatoms. The molecule has 1 amide bonds. The highest BCUT2D eigenvalue weighted by Crippen LogP contribution is 2.14. The summed E-state index contributed by atoms with van der Waals surface area (Å²) in [5, 5.41) is 15.3. The van der Waals surface area contributed by atoms with E-state index < -0.39 is 0 Å². The summed E-state index contributed by atoms with van der Waals surface area (Å²) in [6, 6.07) is 5.61. The Hall–Kier alpha value is -3.03. The molecule has 3 aromatic rings. The van der Waals surface area contributed by atoms with Crippen molar-refractivity contribution < 1.29 is 4.79 Å². The summed E-state index contributed by atoms with van der Waals surface area (Å²) in [4.78, 5) is 17.6. The van der Waals surface area contributed by atoms with Crippen LogP contribution in [0.25, 0.3) is 11.3 Å². The Morgan fingerprint density at radius 2 is 2.04 bits per heavy atom. The molecule has 0 aliphatic carbocycles. The first-order chi connectivity index (χ1) is 11.2. The molecule has 0 aliphatic rings. The van der Waals surface area contributed by atoms with Gasteiger partial charge < -0.3 is 5.32 Å². The number of nitrogens with one attached hydrogen (secondary N) is 1. The van der Waals surface area contributed by atoms with Crippen LogP contribution >= 0.6 is 0 Å². The largest absolute Gasteiger partial charge is 0.306 e. The van der Waals surface area contributed by atoms with Crippen molar-refractivity contribution in [2.45, 2.75) is 26.4 Å². The van der Waals surface area contributed by atoms with Crippen LogP contribution in [-0.4, -0.2) is 35.7 Å². The molecule has 0 radical (unpaired) electrons. The molecule has 0 unspecified atom stereocenters. The van der Waals surface area contributed by atoms with E-state index in [1.165, 1.54) is 0 Å². The molecule has 23 heavy (non-hydrogen) atoms. The fourth-order valence-corrected chi connectivity index (χ4v) is 2.12. The maximum atomic E-state index is 12.0. The number of hydrogen-bond donors (Lipinski definition) is 1. The monoisotopic (exact) mass is 311 g/mol. The van der Waals surface area contributed by atoms with Gasteiger partial charge in [-0.25, -0.2) is 0 Å². The van der Waals surface area contributed by atoms with Gasteiger partial charge in [-0.2, -0.15) is 15.0 Å². The van der Waals surface area contributed by atoms with Gasteiger partial charge >= 0.3 is 0 Å². The summed E-state index contributed by atoms with van der Waals surface area (Å²) in [7, 11) is 0.